The van der Waals surface area contributed by atoms with Gasteiger partial charge in [-0.25, -0.2) is 4.39 Å². The molecule has 1 atom stereocenters. The molecule has 1 amide bonds. The van der Waals surface area contributed by atoms with Crippen LogP contribution in [0, 0.1) is 12.7 Å². The van der Waals surface area contributed by atoms with E-state index in [9.17, 15) is 22.4 Å². The SMILES string of the molecule is COc1c(Cl)cc(-c2ccc(C(F)(F)F)cc2)cc1C(=O)N[C@H](Cc1cccc(-c2ccc(F)c(Cl)c2)c1)c1nc(C)no1. The number of halogens is 6. The summed E-state index contributed by atoms with van der Waals surface area (Å²) in [6, 6.07) is 18.5. The highest BCUT2D eigenvalue weighted by atomic mass is 35.5. The van der Waals surface area contributed by atoms with E-state index in [-0.39, 0.29) is 33.7 Å². The first-order valence-corrected chi connectivity index (χ1v) is 13.9. The van der Waals surface area contributed by atoms with Crippen molar-refractivity contribution in [2.45, 2.75) is 25.6 Å². The second kappa shape index (κ2) is 12.7. The van der Waals surface area contributed by atoms with Crippen LogP contribution in [-0.2, 0) is 12.6 Å². The molecule has 0 radical (unpaired) electrons. The van der Waals surface area contributed by atoms with Crippen LogP contribution in [0.3, 0.4) is 0 Å². The second-order valence-corrected chi connectivity index (χ2v) is 10.7. The number of ether oxygens (including phenoxy) is 1. The molecule has 0 fully saturated rings. The largest absolute Gasteiger partial charge is 0.494 e. The summed E-state index contributed by atoms with van der Waals surface area (Å²) in [5, 5.41) is 6.84. The lowest BCUT2D eigenvalue weighted by Crippen LogP contribution is -2.30. The molecule has 0 unspecified atom stereocenters. The van der Waals surface area contributed by atoms with Crippen LogP contribution in [0.5, 0.6) is 5.75 Å². The average Bonchev–Trinajstić information content (AvgIpc) is 3.43. The molecule has 6 nitrogen and oxygen atoms in total. The van der Waals surface area contributed by atoms with Gasteiger partial charge in [0.05, 0.1) is 28.3 Å². The number of methoxy groups -OCH3 is 1. The summed E-state index contributed by atoms with van der Waals surface area (Å²) >= 11 is 12.4. The molecule has 1 aromatic heterocycles. The van der Waals surface area contributed by atoms with Gasteiger partial charge in [0.25, 0.3) is 5.91 Å². The maximum Gasteiger partial charge on any atom is 0.416 e. The minimum Gasteiger partial charge on any atom is -0.494 e. The first-order chi connectivity index (χ1) is 20.9. The van der Waals surface area contributed by atoms with Gasteiger partial charge in [0, 0.05) is 6.42 Å². The summed E-state index contributed by atoms with van der Waals surface area (Å²) in [5.41, 5.74) is 2.33. The van der Waals surface area contributed by atoms with Gasteiger partial charge >= 0.3 is 6.18 Å². The Morgan fingerprint density at radius 2 is 1.61 bits per heavy atom. The van der Waals surface area contributed by atoms with Gasteiger partial charge < -0.3 is 14.6 Å². The number of hydrogen-bond donors (Lipinski definition) is 1. The maximum absolute atomic E-state index is 13.7. The van der Waals surface area contributed by atoms with E-state index in [1.165, 1.54) is 43.5 Å². The summed E-state index contributed by atoms with van der Waals surface area (Å²) in [4.78, 5) is 18.1. The highest BCUT2D eigenvalue weighted by molar-refractivity contribution is 6.33. The summed E-state index contributed by atoms with van der Waals surface area (Å²) in [6.07, 6.45) is -4.26. The van der Waals surface area contributed by atoms with Crippen LogP contribution in [0.25, 0.3) is 22.3 Å². The highest BCUT2D eigenvalue weighted by Crippen LogP contribution is 2.37. The molecule has 0 saturated carbocycles. The normalized spacial score (nSPS) is 12.2. The van der Waals surface area contributed by atoms with Gasteiger partial charge in [-0.15, -0.1) is 0 Å². The van der Waals surface area contributed by atoms with E-state index < -0.39 is 29.5 Å². The second-order valence-electron chi connectivity index (χ2n) is 9.85. The lowest BCUT2D eigenvalue weighted by atomic mass is 9.98. The minimum absolute atomic E-state index is 0.00879. The van der Waals surface area contributed by atoms with Crippen molar-refractivity contribution in [3.05, 3.63) is 123 Å². The Morgan fingerprint density at radius 3 is 2.25 bits per heavy atom. The molecule has 12 heteroatoms. The van der Waals surface area contributed by atoms with Gasteiger partial charge in [0.2, 0.25) is 5.89 Å². The van der Waals surface area contributed by atoms with E-state index >= 15 is 0 Å². The molecule has 44 heavy (non-hydrogen) atoms. The van der Waals surface area contributed by atoms with Crippen molar-refractivity contribution in [3.8, 4) is 28.0 Å². The number of nitrogens with zero attached hydrogens (tertiary/aromatic N) is 2. The molecule has 5 rings (SSSR count). The maximum atomic E-state index is 13.7. The van der Waals surface area contributed by atoms with E-state index in [0.29, 0.717) is 22.5 Å². The zero-order chi connectivity index (χ0) is 31.6. The third kappa shape index (κ3) is 6.87. The Kier molecular flexibility index (Phi) is 8.94. The van der Waals surface area contributed by atoms with Gasteiger partial charge in [0.1, 0.15) is 17.6 Å². The first kappa shape index (κ1) is 31.0. The molecule has 5 aromatic rings. The fraction of sp³-hybridized carbons (Fsp3) is 0.156. The fourth-order valence-electron chi connectivity index (χ4n) is 4.67. The van der Waals surface area contributed by atoms with Crippen molar-refractivity contribution in [3.63, 3.8) is 0 Å². The number of aryl methyl sites for hydroxylation is 1. The summed E-state index contributed by atoms with van der Waals surface area (Å²) in [5.74, 6) is -0.539. The Labute approximate surface area is 259 Å². The van der Waals surface area contributed by atoms with Crippen molar-refractivity contribution in [2.75, 3.05) is 7.11 Å². The molecular formula is C32H23Cl2F4N3O3. The quantitative estimate of drug-likeness (QED) is 0.171. The number of rotatable bonds is 8. The van der Waals surface area contributed by atoms with Gasteiger partial charge in [-0.2, -0.15) is 18.2 Å². The third-order valence-corrected chi connectivity index (χ3v) is 7.37. The van der Waals surface area contributed by atoms with E-state index in [4.69, 9.17) is 32.5 Å². The Balaban J connectivity index is 1.47. The number of hydrogen-bond acceptors (Lipinski definition) is 5. The standard InChI is InChI=1S/C32H23Cl2F4N3O3/c1-17-39-31(44-41-17)28(13-18-4-3-5-20(12-18)21-8-11-27(35)25(33)15-21)40-30(42)24-14-22(16-26(34)29(24)43-2)19-6-9-23(10-7-19)32(36,37)38/h3-12,14-16,28H,13H2,1-2H3,(H,40,42)/t28-/m1/s1. The molecule has 226 valence electrons. The predicted molar refractivity (Wildman–Crippen MR) is 158 cm³/mol. The van der Waals surface area contributed by atoms with Gasteiger partial charge in [-0.05, 0) is 71.1 Å². The van der Waals surface area contributed by atoms with Crippen molar-refractivity contribution in [1.29, 1.82) is 0 Å². The van der Waals surface area contributed by atoms with Crippen LogP contribution in [-0.4, -0.2) is 23.2 Å². The molecule has 1 heterocycles. The molecule has 4 aromatic carbocycles. The van der Waals surface area contributed by atoms with Crippen LogP contribution < -0.4 is 10.1 Å². The average molecular weight is 644 g/mol. The van der Waals surface area contributed by atoms with Gasteiger partial charge in [-0.1, -0.05) is 70.8 Å². The monoisotopic (exact) mass is 643 g/mol. The number of benzene rings is 4. The first-order valence-electron chi connectivity index (χ1n) is 13.1. The zero-order valence-electron chi connectivity index (χ0n) is 23.2. The topological polar surface area (TPSA) is 77.2 Å². The lowest BCUT2D eigenvalue weighted by Gasteiger charge is -2.18. The van der Waals surface area contributed by atoms with Gasteiger partial charge in [-0.3, -0.25) is 4.79 Å². The predicted octanol–water partition coefficient (Wildman–Crippen LogP) is 8.90. The van der Waals surface area contributed by atoms with E-state index in [1.807, 2.05) is 24.3 Å². The van der Waals surface area contributed by atoms with Gasteiger partial charge in [0.15, 0.2) is 5.82 Å². The third-order valence-electron chi connectivity index (χ3n) is 6.80. The minimum atomic E-state index is -4.49. The molecule has 1 N–H and O–H groups in total. The van der Waals surface area contributed by atoms with Crippen LogP contribution in [0.2, 0.25) is 10.0 Å². The number of nitrogens with one attached hydrogen (secondary N) is 1. The van der Waals surface area contributed by atoms with E-state index in [1.54, 1.807) is 13.0 Å². The Morgan fingerprint density at radius 1 is 0.932 bits per heavy atom. The highest BCUT2D eigenvalue weighted by Gasteiger charge is 2.30. The summed E-state index contributed by atoms with van der Waals surface area (Å²) in [7, 11) is 1.35. The van der Waals surface area contributed by atoms with Crippen LogP contribution in [0.4, 0.5) is 17.6 Å². The van der Waals surface area contributed by atoms with Crippen LogP contribution in [0.15, 0.2) is 83.4 Å². The molecule has 0 bridgehead atoms. The van der Waals surface area contributed by atoms with Crippen molar-refractivity contribution in [1.82, 2.24) is 15.5 Å². The molecule has 0 aliphatic rings. The molecule has 0 aliphatic heterocycles. The molecule has 0 spiro atoms. The van der Waals surface area contributed by atoms with E-state index in [0.717, 1.165) is 23.3 Å². The van der Waals surface area contributed by atoms with Crippen LogP contribution in [0.1, 0.15) is 39.2 Å². The number of carbonyl (C=O) groups excluding carboxylic acids is 1. The van der Waals surface area contributed by atoms with Crippen molar-refractivity contribution >= 4 is 29.1 Å². The summed E-state index contributed by atoms with van der Waals surface area (Å²) in [6.45, 7) is 1.64. The Bertz CT molecular complexity index is 1830. The van der Waals surface area contributed by atoms with Crippen LogP contribution >= 0.6 is 23.2 Å². The van der Waals surface area contributed by atoms with E-state index in [2.05, 4.69) is 15.5 Å². The molecule has 0 aliphatic carbocycles. The number of amides is 1. The number of alkyl halides is 3. The Hall–Kier alpha value is -4.41. The number of carbonyl (C=O) groups is 1. The molecular weight excluding hydrogens is 621 g/mol. The van der Waals surface area contributed by atoms with Crippen molar-refractivity contribution < 1.29 is 31.6 Å². The number of aromatic nitrogens is 2. The zero-order valence-corrected chi connectivity index (χ0v) is 24.7. The smallest absolute Gasteiger partial charge is 0.416 e. The lowest BCUT2D eigenvalue weighted by molar-refractivity contribution is -0.137. The molecule has 0 saturated heterocycles. The van der Waals surface area contributed by atoms with Crippen molar-refractivity contribution in [2.24, 2.45) is 0 Å². The fourth-order valence-corrected chi connectivity index (χ4v) is 5.14. The summed E-state index contributed by atoms with van der Waals surface area (Å²) < 4.78 is 63.8.